The van der Waals surface area contributed by atoms with Gasteiger partial charge < -0.3 is 9.84 Å². The Labute approximate surface area is 138 Å². The third-order valence-corrected chi connectivity index (χ3v) is 3.43. The number of benzene rings is 2. The standard InChI is InChI=1S/C19H15F2NO2/c20-16-8-15(9-17(21)10-16)18-6-14(11-23)7-19(22-18)24-12-13-4-2-1-3-5-13/h1-10,23H,11-12H2. The molecule has 0 atom stereocenters. The van der Waals surface area contributed by atoms with Crippen LogP contribution in [0.25, 0.3) is 11.3 Å². The Morgan fingerprint density at radius 2 is 1.58 bits per heavy atom. The molecule has 0 radical (unpaired) electrons. The Morgan fingerprint density at radius 1 is 0.875 bits per heavy atom. The van der Waals surface area contributed by atoms with Gasteiger partial charge in [-0.2, -0.15) is 0 Å². The van der Waals surface area contributed by atoms with Crippen LogP contribution in [0.2, 0.25) is 0 Å². The first-order chi connectivity index (χ1) is 11.6. The first-order valence-corrected chi connectivity index (χ1v) is 7.39. The first kappa shape index (κ1) is 16.1. The van der Waals surface area contributed by atoms with E-state index >= 15 is 0 Å². The van der Waals surface area contributed by atoms with Gasteiger partial charge in [0.1, 0.15) is 18.2 Å². The summed E-state index contributed by atoms with van der Waals surface area (Å²) >= 11 is 0. The highest BCUT2D eigenvalue weighted by atomic mass is 19.1. The predicted molar refractivity (Wildman–Crippen MR) is 86.3 cm³/mol. The maximum Gasteiger partial charge on any atom is 0.214 e. The molecule has 1 heterocycles. The smallest absolute Gasteiger partial charge is 0.214 e. The summed E-state index contributed by atoms with van der Waals surface area (Å²) in [5, 5.41) is 9.40. The molecule has 0 amide bonds. The molecule has 3 rings (SSSR count). The van der Waals surface area contributed by atoms with E-state index in [0.29, 0.717) is 17.9 Å². The van der Waals surface area contributed by atoms with Gasteiger partial charge in [-0.1, -0.05) is 30.3 Å². The molecule has 2 aromatic carbocycles. The van der Waals surface area contributed by atoms with Gasteiger partial charge in [0.05, 0.1) is 12.3 Å². The number of pyridine rings is 1. The fourth-order valence-electron chi connectivity index (χ4n) is 2.31. The molecular weight excluding hydrogens is 312 g/mol. The molecule has 0 spiro atoms. The van der Waals surface area contributed by atoms with Gasteiger partial charge in [0.15, 0.2) is 0 Å². The van der Waals surface area contributed by atoms with E-state index in [1.807, 2.05) is 30.3 Å². The molecule has 0 aliphatic rings. The van der Waals surface area contributed by atoms with Crippen LogP contribution in [0.5, 0.6) is 5.88 Å². The quantitative estimate of drug-likeness (QED) is 0.767. The lowest BCUT2D eigenvalue weighted by Gasteiger charge is -2.10. The molecule has 5 heteroatoms. The monoisotopic (exact) mass is 327 g/mol. The summed E-state index contributed by atoms with van der Waals surface area (Å²) in [6.07, 6.45) is 0. The minimum atomic E-state index is -0.687. The fourth-order valence-corrected chi connectivity index (χ4v) is 2.31. The maximum atomic E-state index is 13.4. The van der Waals surface area contributed by atoms with Crippen LogP contribution in [0.1, 0.15) is 11.1 Å². The Kier molecular flexibility index (Phi) is 4.82. The largest absolute Gasteiger partial charge is 0.473 e. The highest BCUT2D eigenvalue weighted by Crippen LogP contribution is 2.24. The number of hydrogen-bond acceptors (Lipinski definition) is 3. The zero-order valence-electron chi connectivity index (χ0n) is 12.7. The van der Waals surface area contributed by atoms with E-state index in [1.54, 1.807) is 12.1 Å². The summed E-state index contributed by atoms with van der Waals surface area (Å²) in [5.41, 5.74) is 2.13. The van der Waals surface area contributed by atoms with Crippen LogP contribution in [0.4, 0.5) is 8.78 Å². The van der Waals surface area contributed by atoms with Crippen LogP contribution >= 0.6 is 0 Å². The summed E-state index contributed by atoms with van der Waals surface area (Å²) in [5.74, 6) is -1.09. The van der Waals surface area contributed by atoms with Crippen LogP contribution < -0.4 is 4.74 Å². The Hall–Kier alpha value is -2.79. The van der Waals surface area contributed by atoms with Crippen LogP contribution in [0, 0.1) is 11.6 Å². The van der Waals surface area contributed by atoms with E-state index < -0.39 is 11.6 Å². The van der Waals surface area contributed by atoms with Crippen molar-refractivity contribution in [2.24, 2.45) is 0 Å². The topological polar surface area (TPSA) is 42.4 Å². The maximum absolute atomic E-state index is 13.4. The first-order valence-electron chi connectivity index (χ1n) is 7.39. The molecule has 0 bridgehead atoms. The molecule has 1 aromatic heterocycles. The SMILES string of the molecule is OCc1cc(OCc2ccccc2)nc(-c2cc(F)cc(F)c2)c1. The molecule has 0 aliphatic heterocycles. The van der Waals surface area contributed by atoms with Gasteiger partial charge in [0, 0.05) is 17.7 Å². The van der Waals surface area contributed by atoms with Gasteiger partial charge in [-0.05, 0) is 29.3 Å². The van der Waals surface area contributed by atoms with E-state index in [9.17, 15) is 13.9 Å². The molecule has 0 fully saturated rings. The van der Waals surface area contributed by atoms with Crippen LogP contribution in [-0.4, -0.2) is 10.1 Å². The highest BCUT2D eigenvalue weighted by molar-refractivity contribution is 5.60. The number of aromatic nitrogens is 1. The van der Waals surface area contributed by atoms with Crippen molar-refractivity contribution < 1.29 is 18.6 Å². The number of ether oxygens (including phenoxy) is 1. The normalized spacial score (nSPS) is 10.6. The highest BCUT2D eigenvalue weighted by Gasteiger charge is 2.09. The Morgan fingerprint density at radius 3 is 2.25 bits per heavy atom. The van der Waals surface area contributed by atoms with Crippen molar-refractivity contribution in [2.75, 3.05) is 0 Å². The van der Waals surface area contributed by atoms with Crippen molar-refractivity contribution in [1.29, 1.82) is 0 Å². The number of hydrogen-bond donors (Lipinski definition) is 1. The van der Waals surface area contributed by atoms with Crippen molar-refractivity contribution in [1.82, 2.24) is 4.98 Å². The van der Waals surface area contributed by atoms with E-state index in [4.69, 9.17) is 4.74 Å². The van der Waals surface area contributed by atoms with Crippen LogP contribution in [0.3, 0.4) is 0 Å². The van der Waals surface area contributed by atoms with Crippen LogP contribution in [0.15, 0.2) is 60.7 Å². The van der Waals surface area contributed by atoms with E-state index in [2.05, 4.69) is 4.98 Å². The number of aliphatic hydroxyl groups is 1. The Balaban J connectivity index is 1.90. The molecule has 0 saturated carbocycles. The number of aliphatic hydroxyl groups excluding tert-OH is 1. The van der Waals surface area contributed by atoms with Crippen molar-refractivity contribution in [2.45, 2.75) is 13.2 Å². The number of nitrogens with zero attached hydrogens (tertiary/aromatic N) is 1. The third kappa shape index (κ3) is 3.94. The number of halogens is 2. The van der Waals surface area contributed by atoms with Gasteiger partial charge >= 0.3 is 0 Å². The minimum Gasteiger partial charge on any atom is -0.473 e. The molecule has 122 valence electrons. The predicted octanol–water partition coefficient (Wildman–Crippen LogP) is 4.10. The molecular formula is C19H15F2NO2. The lowest BCUT2D eigenvalue weighted by molar-refractivity contribution is 0.275. The molecule has 0 unspecified atom stereocenters. The van der Waals surface area contributed by atoms with Crippen molar-refractivity contribution in [3.05, 3.63) is 83.4 Å². The summed E-state index contributed by atoms with van der Waals surface area (Å²) < 4.78 is 32.5. The van der Waals surface area contributed by atoms with Gasteiger partial charge in [-0.3, -0.25) is 0 Å². The summed E-state index contributed by atoms with van der Waals surface area (Å²) in [4.78, 5) is 4.28. The van der Waals surface area contributed by atoms with Crippen molar-refractivity contribution in [3.8, 4) is 17.1 Å². The molecule has 0 aliphatic carbocycles. The second-order valence-corrected chi connectivity index (χ2v) is 5.29. The summed E-state index contributed by atoms with van der Waals surface area (Å²) in [6, 6.07) is 15.9. The molecule has 1 N–H and O–H groups in total. The van der Waals surface area contributed by atoms with Crippen molar-refractivity contribution >= 4 is 0 Å². The van der Waals surface area contributed by atoms with E-state index in [-0.39, 0.29) is 18.1 Å². The van der Waals surface area contributed by atoms with Gasteiger partial charge in [0.2, 0.25) is 5.88 Å². The molecule has 3 nitrogen and oxygen atoms in total. The lowest BCUT2D eigenvalue weighted by atomic mass is 10.1. The minimum absolute atomic E-state index is 0.227. The second kappa shape index (κ2) is 7.19. The van der Waals surface area contributed by atoms with Crippen molar-refractivity contribution in [3.63, 3.8) is 0 Å². The zero-order valence-corrected chi connectivity index (χ0v) is 12.7. The summed E-state index contributed by atoms with van der Waals surface area (Å²) in [6.45, 7) is 0.0781. The molecule has 3 aromatic rings. The summed E-state index contributed by atoms with van der Waals surface area (Å²) in [7, 11) is 0. The van der Waals surface area contributed by atoms with Crippen LogP contribution in [-0.2, 0) is 13.2 Å². The second-order valence-electron chi connectivity index (χ2n) is 5.29. The van der Waals surface area contributed by atoms with E-state index in [0.717, 1.165) is 11.6 Å². The van der Waals surface area contributed by atoms with Gasteiger partial charge in [0.25, 0.3) is 0 Å². The third-order valence-electron chi connectivity index (χ3n) is 3.43. The molecule has 0 saturated heterocycles. The van der Waals surface area contributed by atoms with Gasteiger partial charge in [-0.25, -0.2) is 13.8 Å². The van der Waals surface area contributed by atoms with E-state index in [1.165, 1.54) is 12.1 Å². The zero-order chi connectivity index (χ0) is 16.9. The average molecular weight is 327 g/mol. The molecule has 24 heavy (non-hydrogen) atoms. The average Bonchev–Trinajstić information content (AvgIpc) is 2.60. The number of rotatable bonds is 5. The fraction of sp³-hybridized carbons (Fsp3) is 0.105. The Bertz CT molecular complexity index is 818. The van der Waals surface area contributed by atoms with Gasteiger partial charge in [-0.15, -0.1) is 0 Å². The lowest BCUT2D eigenvalue weighted by Crippen LogP contribution is -2.00.